The Bertz CT molecular complexity index is 518. The summed E-state index contributed by atoms with van der Waals surface area (Å²) in [4.78, 5) is 10.4. The van der Waals surface area contributed by atoms with Crippen LogP contribution in [0.2, 0.25) is 6.04 Å². The van der Waals surface area contributed by atoms with Crippen molar-refractivity contribution in [2.45, 2.75) is 18.9 Å². The van der Waals surface area contributed by atoms with Crippen molar-refractivity contribution in [1.82, 2.24) is 0 Å². The van der Waals surface area contributed by atoms with Crippen LogP contribution in [0.5, 0.6) is 5.75 Å². The van der Waals surface area contributed by atoms with Crippen LogP contribution in [-0.4, -0.2) is 23.7 Å². The van der Waals surface area contributed by atoms with Crippen LogP contribution in [0.3, 0.4) is 0 Å². The summed E-state index contributed by atoms with van der Waals surface area (Å²) in [7, 11) is 0. The molecule has 0 atom stereocenters. The maximum atomic E-state index is 13.7. The summed E-state index contributed by atoms with van der Waals surface area (Å²) >= 11 is 17.2. The van der Waals surface area contributed by atoms with Crippen molar-refractivity contribution < 1.29 is 19.0 Å². The second kappa shape index (κ2) is 8.63. The SMILES string of the molecule is O=C(O)/C=C/c1ccc(OCCCC[Si](Cl)(Cl)Cl)c(F)c1. The summed E-state index contributed by atoms with van der Waals surface area (Å²) in [5, 5.41) is 8.49. The topological polar surface area (TPSA) is 46.5 Å². The zero-order chi connectivity index (χ0) is 15.9. The standard InChI is InChI=1S/C13H14Cl3FO3Si/c14-21(15,16)8-2-1-7-20-12-5-3-10(9-11(12)17)4-6-13(18)19/h3-6,9H,1-2,7-8H2,(H,18,19)/b6-4+. The minimum atomic E-state index is -2.59. The minimum Gasteiger partial charge on any atom is -0.491 e. The molecule has 0 aliphatic rings. The first-order valence-electron chi connectivity index (χ1n) is 6.18. The average molecular weight is 372 g/mol. The molecule has 0 aliphatic carbocycles. The molecule has 0 heterocycles. The van der Waals surface area contributed by atoms with Crippen molar-refractivity contribution >= 4 is 51.3 Å². The lowest BCUT2D eigenvalue weighted by atomic mass is 10.2. The number of rotatable bonds is 8. The van der Waals surface area contributed by atoms with Gasteiger partial charge in [0, 0.05) is 6.08 Å². The molecule has 0 aliphatic heterocycles. The van der Waals surface area contributed by atoms with Crippen LogP contribution >= 0.6 is 33.2 Å². The van der Waals surface area contributed by atoms with Gasteiger partial charge in [0.2, 0.25) is 0 Å². The van der Waals surface area contributed by atoms with Crippen molar-refractivity contribution in [3.05, 3.63) is 35.7 Å². The van der Waals surface area contributed by atoms with Gasteiger partial charge in [-0.1, -0.05) is 6.07 Å². The lowest BCUT2D eigenvalue weighted by Gasteiger charge is -2.09. The van der Waals surface area contributed by atoms with Gasteiger partial charge >= 0.3 is 12.0 Å². The fraction of sp³-hybridized carbons (Fsp3) is 0.308. The van der Waals surface area contributed by atoms with Crippen LogP contribution in [0, 0.1) is 5.82 Å². The number of carbonyl (C=O) groups is 1. The molecule has 116 valence electrons. The highest BCUT2D eigenvalue weighted by atomic mass is 35.8. The predicted molar refractivity (Wildman–Crippen MR) is 85.9 cm³/mol. The molecule has 1 rings (SSSR count). The fourth-order valence-electron chi connectivity index (χ4n) is 1.51. The zero-order valence-corrected chi connectivity index (χ0v) is 14.3. The number of carboxylic acid groups (broad SMARTS) is 1. The molecule has 8 heteroatoms. The molecule has 0 saturated heterocycles. The predicted octanol–water partition coefficient (Wildman–Crippen LogP) is 4.74. The third kappa shape index (κ3) is 8.31. The van der Waals surface area contributed by atoms with E-state index < -0.39 is 17.8 Å². The van der Waals surface area contributed by atoms with Gasteiger partial charge < -0.3 is 9.84 Å². The summed E-state index contributed by atoms with van der Waals surface area (Å²) in [6.07, 6.45) is 3.63. The molecule has 0 amide bonds. The van der Waals surface area contributed by atoms with Gasteiger partial charge in [-0.2, -0.15) is 0 Å². The van der Waals surface area contributed by atoms with Gasteiger partial charge in [-0.3, -0.25) is 0 Å². The first kappa shape index (κ1) is 18.3. The third-order valence-electron chi connectivity index (χ3n) is 2.49. The lowest BCUT2D eigenvalue weighted by Crippen LogP contribution is -2.09. The highest BCUT2D eigenvalue weighted by molar-refractivity contribution is 7.64. The largest absolute Gasteiger partial charge is 0.491 e. The van der Waals surface area contributed by atoms with E-state index >= 15 is 0 Å². The first-order chi connectivity index (χ1) is 9.78. The van der Waals surface area contributed by atoms with Gasteiger partial charge in [-0.15, -0.1) is 33.2 Å². The number of benzene rings is 1. The van der Waals surface area contributed by atoms with E-state index in [1.807, 2.05) is 0 Å². The zero-order valence-electron chi connectivity index (χ0n) is 11.0. The maximum absolute atomic E-state index is 13.7. The van der Waals surface area contributed by atoms with Crippen LogP contribution in [-0.2, 0) is 4.79 Å². The van der Waals surface area contributed by atoms with E-state index in [4.69, 9.17) is 43.1 Å². The molecule has 21 heavy (non-hydrogen) atoms. The number of aliphatic carboxylic acids is 1. The molecule has 0 unspecified atom stereocenters. The van der Waals surface area contributed by atoms with Crippen LogP contribution in [0.15, 0.2) is 24.3 Å². The molecule has 1 N–H and O–H groups in total. The summed E-state index contributed by atoms with van der Waals surface area (Å²) in [5.41, 5.74) is 0.449. The monoisotopic (exact) mass is 370 g/mol. The number of unbranched alkanes of at least 4 members (excludes halogenated alkanes) is 1. The number of halogens is 4. The molecule has 0 spiro atoms. The summed E-state index contributed by atoms with van der Waals surface area (Å²) in [6, 6.07) is 2.20. The lowest BCUT2D eigenvalue weighted by molar-refractivity contribution is -0.131. The van der Waals surface area contributed by atoms with Gasteiger partial charge in [-0.25, -0.2) is 9.18 Å². The number of hydrogen-bond acceptors (Lipinski definition) is 2. The molecule has 0 bridgehead atoms. The average Bonchev–Trinajstić information content (AvgIpc) is 2.36. The van der Waals surface area contributed by atoms with E-state index in [2.05, 4.69) is 0 Å². The van der Waals surface area contributed by atoms with Crippen LogP contribution < -0.4 is 4.74 Å². The molecule has 1 aromatic rings. The smallest absolute Gasteiger partial charge is 0.341 e. The van der Waals surface area contributed by atoms with E-state index in [1.54, 1.807) is 6.07 Å². The number of carboxylic acids is 1. The van der Waals surface area contributed by atoms with E-state index in [-0.39, 0.29) is 5.75 Å². The molecular formula is C13H14Cl3FO3Si. The van der Waals surface area contributed by atoms with Crippen molar-refractivity contribution in [3.8, 4) is 5.75 Å². The normalized spacial score (nSPS) is 11.8. The molecule has 0 fully saturated rings. The van der Waals surface area contributed by atoms with Crippen molar-refractivity contribution in [3.63, 3.8) is 0 Å². The summed E-state index contributed by atoms with van der Waals surface area (Å²) < 4.78 is 19.0. The van der Waals surface area contributed by atoms with Gasteiger partial charge in [0.25, 0.3) is 0 Å². The highest BCUT2D eigenvalue weighted by Gasteiger charge is 2.23. The van der Waals surface area contributed by atoms with Crippen molar-refractivity contribution in [2.75, 3.05) is 6.61 Å². The van der Waals surface area contributed by atoms with Gasteiger partial charge in [-0.05, 0) is 42.7 Å². The Kier molecular flexibility index (Phi) is 7.52. The second-order valence-corrected chi connectivity index (χ2v) is 13.6. The van der Waals surface area contributed by atoms with Crippen LogP contribution in [0.1, 0.15) is 18.4 Å². The van der Waals surface area contributed by atoms with Crippen LogP contribution in [0.4, 0.5) is 4.39 Å². The van der Waals surface area contributed by atoms with E-state index in [0.29, 0.717) is 31.1 Å². The minimum absolute atomic E-state index is 0.119. The van der Waals surface area contributed by atoms with Crippen LogP contribution in [0.25, 0.3) is 6.08 Å². The summed E-state index contributed by atoms with van der Waals surface area (Å²) in [6.45, 7) is 0.330. The Morgan fingerprint density at radius 3 is 2.62 bits per heavy atom. The maximum Gasteiger partial charge on any atom is 0.341 e. The van der Waals surface area contributed by atoms with E-state index in [1.165, 1.54) is 18.2 Å². The van der Waals surface area contributed by atoms with Gasteiger partial charge in [0.05, 0.1) is 6.61 Å². The number of hydrogen-bond donors (Lipinski definition) is 1. The quantitative estimate of drug-likeness (QED) is 0.311. The Morgan fingerprint density at radius 2 is 2.05 bits per heavy atom. The third-order valence-corrected chi connectivity index (χ3v) is 5.11. The van der Waals surface area contributed by atoms with Gasteiger partial charge in [0.1, 0.15) is 0 Å². The van der Waals surface area contributed by atoms with E-state index in [0.717, 1.165) is 6.08 Å². The molecule has 1 aromatic carbocycles. The Balaban J connectivity index is 2.44. The Morgan fingerprint density at radius 1 is 1.33 bits per heavy atom. The fourth-order valence-corrected chi connectivity index (χ4v) is 3.37. The molecule has 3 nitrogen and oxygen atoms in total. The molecular weight excluding hydrogens is 358 g/mol. The summed E-state index contributed by atoms with van der Waals surface area (Å²) in [5.74, 6) is -1.51. The second-order valence-electron chi connectivity index (χ2n) is 4.28. The molecule has 0 aromatic heterocycles. The molecule has 0 saturated carbocycles. The Hall–Kier alpha value is -0.753. The van der Waals surface area contributed by atoms with Crippen molar-refractivity contribution in [1.29, 1.82) is 0 Å². The highest BCUT2D eigenvalue weighted by Crippen LogP contribution is 2.27. The van der Waals surface area contributed by atoms with Crippen molar-refractivity contribution in [2.24, 2.45) is 0 Å². The van der Waals surface area contributed by atoms with Gasteiger partial charge in [0.15, 0.2) is 11.6 Å². The van der Waals surface area contributed by atoms with E-state index in [9.17, 15) is 9.18 Å². The Labute approximate surface area is 137 Å². The number of ether oxygens (including phenoxy) is 1. The first-order valence-corrected chi connectivity index (χ1v) is 11.4. The molecule has 0 radical (unpaired) electrons.